The van der Waals surface area contributed by atoms with E-state index < -0.39 is 10.7 Å². The molecule has 0 bridgehead atoms. The predicted molar refractivity (Wildman–Crippen MR) is 52.1 cm³/mol. The summed E-state index contributed by atoms with van der Waals surface area (Å²) in [7, 11) is 3.15. The Morgan fingerprint density at radius 1 is 1.43 bits per heavy atom. The number of nitrogens with zero attached hydrogens (tertiary/aromatic N) is 2. The summed E-state index contributed by atoms with van der Waals surface area (Å²) in [5.74, 6) is -0.538. The van der Waals surface area contributed by atoms with Crippen molar-refractivity contribution < 1.29 is 9.31 Å². The smallest absolute Gasteiger partial charge is 0.295 e. The minimum atomic E-state index is -0.585. The molecule has 0 amide bonds. The summed E-state index contributed by atoms with van der Waals surface area (Å²) in [4.78, 5) is 11.4. The number of hydrogen-bond donors (Lipinski definition) is 0. The molecule has 0 unspecified atom stereocenters. The number of benzene rings is 1. The van der Waals surface area contributed by atoms with E-state index in [1.807, 2.05) is 0 Å². The Morgan fingerprint density at radius 3 is 2.43 bits per heavy atom. The van der Waals surface area contributed by atoms with Gasteiger partial charge in [-0.3, -0.25) is 10.1 Å². The molecular weight excluding hydrogens is 187 g/mol. The SMILES string of the molecule is Cc1ccc([N+](=O)[O-])c(N(C)C)c1F. The third kappa shape index (κ3) is 1.66. The summed E-state index contributed by atoms with van der Waals surface area (Å²) >= 11 is 0. The number of hydrogen-bond acceptors (Lipinski definition) is 3. The van der Waals surface area contributed by atoms with Crippen molar-refractivity contribution in [2.24, 2.45) is 0 Å². The predicted octanol–water partition coefficient (Wildman–Crippen LogP) is 2.11. The first-order valence-corrected chi connectivity index (χ1v) is 4.06. The molecule has 1 aromatic carbocycles. The maximum Gasteiger partial charge on any atom is 0.295 e. The van der Waals surface area contributed by atoms with Crippen LogP contribution < -0.4 is 4.90 Å². The van der Waals surface area contributed by atoms with Crippen molar-refractivity contribution in [3.8, 4) is 0 Å². The Labute approximate surface area is 81.1 Å². The molecule has 0 aliphatic rings. The standard InChI is InChI=1S/C9H11FN2O2/c1-6-4-5-7(12(13)14)9(8(6)10)11(2)3/h4-5H,1-3H3. The average molecular weight is 198 g/mol. The van der Waals surface area contributed by atoms with Gasteiger partial charge in [0.15, 0.2) is 11.5 Å². The molecular formula is C9H11FN2O2. The maximum absolute atomic E-state index is 13.5. The third-order valence-corrected chi connectivity index (χ3v) is 1.93. The molecule has 0 heterocycles. The van der Waals surface area contributed by atoms with Crippen LogP contribution in [-0.2, 0) is 0 Å². The molecule has 0 fully saturated rings. The largest absolute Gasteiger partial charge is 0.370 e. The van der Waals surface area contributed by atoms with Crippen molar-refractivity contribution in [2.75, 3.05) is 19.0 Å². The van der Waals surface area contributed by atoms with E-state index in [1.54, 1.807) is 21.0 Å². The molecule has 1 rings (SSSR count). The monoisotopic (exact) mass is 198 g/mol. The zero-order valence-electron chi connectivity index (χ0n) is 8.24. The van der Waals surface area contributed by atoms with Crippen LogP contribution in [0.2, 0.25) is 0 Å². The van der Waals surface area contributed by atoms with E-state index in [2.05, 4.69) is 0 Å². The van der Waals surface area contributed by atoms with Crippen molar-refractivity contribution in [3.05, 3.63) is 33.6 Å². The van der Waals surface area contributed by atoms with E-state index in [9.17, 15) is 14.5 Å². The van der Waals surface area contributed by atoms with Crippen molar-refractivity contribution in [1.29, 1.82) is 0 Å². The van der Waals surface area contributed by atoms with Crippen LogP contribution in [0, 0.1) is 22.9 Å². The van der Waals surface area contributed by atoms with E-state index in [0.717, 1.165) is 0 Å². The Bertz CT molecular complexity index is 377. The molecule has 0 saturated heterocycles. The molecule has 0 N–H and O–H groups in total. The van der Waals surface area contributed by atoms with Gasteiger partial charge >= 0.3 is 0 Å². The second-order valence-corrected chi connectivity index (χ2v) is 3.22. The van der Waals surface area contributed by atoms with Gasteiger partial charge < -0.3 is 4.90 Å². The molecule has 76 valence electrons. The van der Waals surface area contributed by atoms with Gasteiger partial charge in [-0.2, -0.15) is 0 Å². The van der Waals surface area contributed by atoms with Gasteiger partial charge in [-0.25, -0.2) is 4.39 Å². The van der Waals surface area contributed by atoms with Crippen LogP contribution in [0.1, 0.15) is 5.56 Å². The van der Waals surface area contributed by atoms with Crippen LogP contribution in [0.3, 0.4) is 0 Å². The highest BCUT2D eigenvalue weighted by Gasteiger charge is 2.20. The molecule has 0 radical (unpaired) electrons. The van der Waals surface area contributed by atoms with Crippen LogP contribution in [0.5, 0.6) is 0 Å². The van der Waals surface area contributed by atoms with Gasteiger partial charge in [0.25, 0.3) is 5.69 Å². The Hall–Kier alpha value is -1.65. The third-order valence-electron chi connectivity index (χ3n) is 1.93. The maximum atomic E-state index is 13.5. The molecule has 0 aliphatic heterocycles. The van der Waals surface area contributed by atoms with Crippen molar-refractivity contribution >= 4 is 11.4 Å². The highest BCUT2D eigenvalue weighted by Crippen LogP contribution is 2.31. The van der Waals surface area contributed by atoms with Crippen LogP contribution in [0.4, 0.5) is 15.8 Å². The summed E-state index contributed by atoms with van der Waals surface area (Å²) < 4.78 is 13.5. The number of halogens is 1. The quantitative estimate of drug-likeness (QED) is 0.540. The van der Waals surface area contributed by atoms with E-state index in [0.29, 0.717) is 5.56 Å². The number of nitro benzene ring substituents is 1. The average Bonchev–Trinajstić information content (AvgIpc) is 2.08. The van der Waals surface area contributed by atoms with Gasteiger partial charge in [-0.15, -0.1) is 0 Å². The fourth-order valence-corrected chi connectivity index (χ4v) is 1.23. The van der Waals surface area contributed by atoms with Crippen LogP contribution in [0.15, 0.2) is 12.1 Å². The van der Waals surface area contributed by atoms with E-state index in [1.165, 1.54) is 17.0 Å². The molecule has 0 aromatic heterocycles. The lowest BCUT2D eigenvalue weighted by atomic mass is 10.1. The van der Waals surface area contributed by atoms with E-state index in [4.69, 9.17) is 0 Å². The van der Waals surface area contributed by atoms with Crippen LogP contribution in [-0.4, -0.2) is 19.0 Å². The first kappa shape index (κ1) is 10.4. The highest BCUT2D eigenvalue weighted by molar-refractivity contribution is 5.64. The van der Waals surface area contributed by atoms with Crippen LogP contribution in [0.25, 0.3) is 0 Å². The van der Waals surface area contributed by atoms with E-state index >= 15 is 0 Å². The minimum absolute atomic E-state index is 0.0231. The summed E-state index contributed by atoms with van der Waals surface area (Å²) in [5, 5.41) is 10.6. The van der Waals surface area contributed by atoms with Crippen LogP contribution >= 0.6 is 0 Å². The van der Waals surface area contributed by atoms with Crippen molar-refractivity contribution in [2.45, 2.75) is 6.92 Å². The summed E-state index contributed by atoms with van der Waals surface area (Å²) in [6.45, 7) is 1.58. The molecule has 0 aliphatic carbocycles. The summed E-state index contributed by atoms with van der Waals surface area (Å²) in [6.07, 6.45) is 0. The zero-order chi connectivity index (χ0) is 10.9. The minimum Gasteiger partial charge on any atom is -0.370 e. The van der Waals surface area contributed by atoms with Gasteiger partial charge in [0, 0.05) is 20.2 Å². The molecule has 0 spiro atoms. The number of rotatable bonds is 2. The lowest BCUT2D eigenvalue weighted by molar-refractivity contribution is -0.384. The molecule has 5 heteroatoms. The summed E-state index contributed by atoms with van der Waals surface area (Å²) in [6, 6.07) is 2.72. The number of anilines is 1. The van der Waals surface area contributed by atoms with Gasteiger partial charge in [-0.1, -0.05) is 0 Å². The lowest BCUT2D eigenvalue weighted by Crippen LogP contribution is -2.13. The Balaban J connectivity index is 3.45. The number of nitro groups is 1. The Kier molecular flexibility index (Phi) is 2.69. The zero-order valence-corrected chi connectivity index (χ0v) is 8.24. The molecule has 4 nitrogen and oxygen atoms in total. The first-order chi connectivity index (χ1) is 6.45. The summed E-state index contributed by atoms with van der Waals surface area (Å²) in [5.41, 5.74) is 0.215. The van der Waals surface area contributed by atoms with Gasteiger partial charge in [0.2, 0.25) is 0 Å². The molecule has 14 heavy (non-hydrogen) atoms. The number of aryl methyl sites for hydroxylation is 1. The lowest BCUT2D eigenvalue weighted by Gasteiger charge is -2.14. The van der Waals surface area contributed by atoms with E-state index in [-0.39, 0.29) is 11.4 Å². The molecule has 0 saturated carbocycles. The Morgan fingerprint density at radius 2 is 2.00 bits per heavy atom. The fourth-order valence-electron chi connectivity index (χ4n) is 1.23. The van der Waals surface area contributed by atoms with Crippen molar-refractivity contribution in [1.82, 2.24) is 0 Å². The fraction of sp³-hybridized carbons (Fsp3) is 0.333. The normalized spacial score (nSPS) is 10.0. The second kappa shape index (κ2) is 3.61. The first-order valence-electron chi connectivity index (χ1n) is 4.06. The van der Waals surface area contributed by atoms with Gasteiger partial charge in [0.05, 0.1) is 4.92 Å². The topological polar surface area (TPSA) is 46.4 Å². The van der Waals surface area contributed by atoms with Gasteiger partial charge in [0.1, 0.15) is 0 Å². The second-order valence-electron chi connectivity index (χ2n) is 3.22. The van der Waals surface area contributed by atoms with Gasteiger partial charge in [-0.05, 0) is 18.6 Å². The molecule has 0 atom stereocenters. The van der Waals surface area contributed by atoms with Crippen molar-refractivity contribution in [3.63, 3.8) is 0 Å². The highest BCUT2D eigenvalue weighted by atomic mass is 19.1. The molecule has 1 aromatic rings.